The first kappa shape index (κ1) is 10.6. The summed E-state index contributed by atoms with van der Waals surface area (Å²) < 4.78 is 2.10. The Kier molecular flexibility index (Phi) is 3.38. The molecule has 1 unspecified atom stereocenters. The number of nitrogens with one attached hydrogen (secondary N) is 1. The molecule has 2 heterocycles. The molecule has 0 saturated carbocycles. The zero-order valence-corrected chi connectivity index (χ0v) is 9.61. The topological polar surface area (TPSA) is 33.1 Å². The Labute approximate surface area is 91.3 Å². The second-order valence-electron chi connectivity index (χ2n) is 4.29. The summed E-state index contributed by atoms with van der Waals surface area (Å²) in [7, 11) is 2.06. The Morgan fingerprint density at radius 1 is 1.60 bits per heavy atom. The van der Waals surface area contributed by atoms with Gasteiger partial charge < -0.3 is 9.88 Å². The van der Waals surface area contributed by atoms with Gasteiger partial charge in [0.05, 0.1) is 0 Å². The first-order chi connectivity index (χ1) is 7.27. The lowest BCUT2D eigenvalue weighted by Crippen LogP contribution is -2.50. The molecule has 1 aromatic rings. The Balaban J connectivity index is 1.84. The van der Waals surface area contributed by atoms with E-state index in [4.69, 9.17) is 0 Å². The van der Waals surface area contributed by atoms with E-state index in [0.717, 1.165) is 32.6 Å². The minimum absolute atomic E-state index is 0.652. The summed E-state index contributed by atoms with van der Waals surface area (Å²) in [6.07, 6.45) is 4.93. The van der Waals surface area contributed by atoms with Crippen LogP contribution in [-0.2, 0) is 13.5 Å². The van der Waals surface area contributed by atoms with E-state index in [1.54, 1.807) is 0 Å². The molecule has 1 aliphatic rings. The number of hydrogen-bond donors (Lipinski definition) is 1. The van der Waals surface area contributed by atoms with Crippen LogP contribution in [0.25, 0.3) is 0 Å². The summed E-state index contributed by atoms with van der Waals surface area (Å²) in [4.78, 5) is 6.88. The van der Waals surface area contributed by atoms with Crippen LogP contribution in [0.15, 0.2) is 12.4 Å². The maximum atomic E-state index is 4.35. The highest BCUT2D eigenvalue weighted by Gasteiger charge is 2.17. The quantitative estimate of drug-likeness (QED) is 0.773. The van der Waals surface area contributed by atoms with Crippen molar-refractivity contribution in [2.45, 2.75) is 19.4 Å². The highest BCUT2D eigenvalue weighted by atomic mass is 15.2. The molecule has 0 bridgehead atoms. The van der Waals surface area contributed by atoms with E-state index >= 15 is 0 Å². The standard InChI is InChI=1S/C11H20N4/c1-10-9-12-4-8-15(10)6-3-11-13-5-7-14(11)2/h5,7,10,12H,3-4,6,8-9H2,1-2H3. The molecule has 1 saturated heterocycles. The molecule has 0 aromatic carbocycles. The number of piperazine rings is 1. The Morgan fingerprint density at radius 2 is 2.47 bits per heavy atom. The van der Waals surface area contributed by atoms with Gasteiger partial charge in [0.15, 0.2) is 0 Å². The van der Waals surface area contributed by atoms with Crippen LogP contribution >= 0.6 is 0 Å². The van der Waals surface area contributed by atoms with Crippen molar-refractivity contribution in [2.75, 3.05) is 26.2 Å². The zero-order valence-electron chi connectivity index (χ0n) is 9.61. The second kappa shape index (κ2) is 4.77. The average Bonchev–Trinajstić information content (AvgIpc) is 2.63. The number of imidazole rings is 1. The van der Waals surface area contributed by atoms with Crippen molar-refractivity contribution in [1.82, 2.24) is 19.8 Å². The predicted molar refractivity (Wildman–Crippen MR) is 60.8 cm³/mol. The molecule has 0 amide bonds. The highest BCUT2D eigenvalue weighted by Crippen LogP contribution is 2.04. The first-order valence-corrected chi connectivity index (χ1v) is 5.68. The van der Waals surface area contributed by atoms with Gasteiger partial charge in [-0.3, -0.25) is 4.90 Å². The van der Waals surface area contributed by atoms with Crippen LogP contribution in [0.5, 0.6) is 0 Å². The first-order valence-electron chi connectivity index (χ1n) is 5.68. The molecule has 0 spiro atoms. The van der Waals surface area contributed by atoms with Gasteiger partial charge in [0, 0.05) is 58.1 Å². The molecule has 2 rings (SSSR count). The lowest BCUT2D eigenvalue weighted by atomic mass is 10.2. The summed E-state index contributed by atoms with van der Waals surface area (Å²) in [5.41, 5.74) is 0. The smallest absolute Gasteiger partial charge is 0.109 e. The zero-order chi connectivity index (χ0) is 10.7. The van der Waals surface area contributed by atoms with Crippen molar-refractivity contribution >= 4 is 0 Å². The van der Waals surface area contributed by atoms with Crippen molar-refractivity contribution < 1.29 is 0 Å². The Morgan fingerprint density at radius 3 is 3.13 bits per heavy atom. The van der Waals surface area contributed by atoms with Crippen LogP contribution < -0.4 is 5.32 Å². The maximum Gasteiger partial charge on any atom is 0.109 e. The molecule has 4 heteroatoms. The third-order valence-corrected chi connectivity index (χ3v) is 3.18. The van der Waals surface area contributed by atoms with Gasteiger partial charge in [-0.25, -0.2) is 4.98 Å². The normalized spacial score (nSPS) is 23.2. The van der Waals surface area contributed by atoms with Crippen LogP contribution in [0.2, 0.25) is 0 Å². The van der Waals surface area contributed by atoms with Crippen LogP contribution in [0.3, 0.4) is 0 Å². The van der Waals surface area contributed by atoms with Gasteiger partial charge in [-0.1, -0.05) is 0 Å². The molecule has 0 aliphatic carbocycles. The molecule has 0 radical (unpaired) electrons. The van der Waals surface area contributed by atoms with Crippen molar-refractivity contribution in [1.29, 1.82) is 0 Å². The molecular formula is C11H20N4. The molecule has 1 aromatic heterocycles. The summed E-state index contributed by atoms with van der Waals surface area (Å²) in [6.45, 7) is 6.79. The van der Waals surface area contributed by atoms with Crippen molar-refractivity contribution in [3.8, 4) is 0 Å². The van der Waals surface area contributed by atoms with E-state index in [-0.39, 0.29) is 0 Å². The minimum Gasteiger partial charge on any atom is -0.338 e. The fraction of sp³-hybridized carbons (Fsp3) is 0.727. The van der Waals surface area contributed by atoms with E-state index in [9.17, 15) is 0 Å². The van der Waals surface area contributed by atoms with Gasteiger partial charge in [0.1, 0.15) is 5.82 Å². The molecule has 1 atom stereocenters. The van der Waals surface area contributed by atoms with Gasteiger partial charge >= 0.3 is 0 Å². The maximum absolute atomic E-state index is 4.35. The Bertz CT molecular complexity index is 307. The number of nitrogens with zero attached hydrogens (tertiary/aromatic N) is 3. The molecule has 15 heavy (non-hydrogen) atoms. The highest BCUT2D eigenvalue weighted by molar-refractivity contribution is 4.92. The number of rotatable bonds is 3. The van der Waals surface area contributed by atoms with Crippen molar-refractivity contribution in [3.63, 3.8) is 0 Å². The van der Waals surface area contributed by atoms with Crippen LogP contribution in [0.4, 0.5) is 0 Å². The largest absolute Gasteiger partial charge is 0.338 e. The average molecular weight is 208 g/mol. The molecule has 4 nitrogen and oxygen atoms in total. The van der Waals surface area contributed by atoms with Crippen LogP contribution in [0.1, 0.15) is 12.7 Å². The minimum atomic E-state index is 0.652. The lowest BCUT2D eigenvalue weighted by Gasteiger charge is -2.33. The molecule has 1 aliphatic heterocycles. The summed E-state index contributed by atoms with van der Waals surface area (Å²) in [5, 5.41) is 3.41. The van der Waals surface area contributed by atoms with Crippen molar-refractivity contribution in [3.05, 3.63) is 18.2 Å². The third kappa shape index (κ3) is 2.58. The molecule has 84 valence electrons. The number of aromatic nitrogens is 2. The second-order valence-corrected chi connectivity index (χ2v) is 4.29. The van der Waals surface area contributed by atoms with Gasteiger partial charge in [0.2, 0.25) is 0 Å². The monoisotopic (exact) mass is 208 g/mol. The fourth-order valence-electron chi connectivity index (χ4n) is 2.10. The molecular weight excluding hydrogens is 188 g/mol. The van der Waals surface area contributed by atoms with Gasteiger partial charge in [-0.05, 0) is 6.92 Å². The number of hydrogen-bond acceptors (Lipinski definition) is 3. The van der Waals surface area contributed by atoms with Crippen molar-refractivity contribution in [2.24, 2.45) is 7.05 Å². The van der Waals surface area contributed by atoms with Gasteiger partial charge in [-0.15, -0.1) is 0 Å². The van der Waals surface area contributed by atoms with E-state index in [2.05, 4.69) is 33.7 Å². The van der Waals surface area contributed by atoms with E-state index in [1.807, 2.05) is 12.4 Å². The van der Waals surface area contributed by atoms with Crippen LogP contribution in [-0.4, -0.2) is 46.7 Å². The summed E-state index contributed by atoms with van der Waals surface area (Å²) in [6, 6.07) is 0.652. The number of aryl methyl sites for hydroxylation is 1. The van der Waals surface area contributed by atoms with E-state index in [0.29, 0.717) is 6.04 Å². The Hall–Kier alpha value is -0.870. The fourth-order valence-corrected chi connectivity index (χ4v) is 2.10. The SMILES string of the molecule is CC1CNCCN1CCc1nccn1C. The third-order valence-electron chi connectivity index (χ3n) is 3.18. The lowest BCUT2D eigenvalue weighted by molar-refractivity contribution is 0.174. The molecule has 1 N–H and O–H groups in total. The van der Waals surface area contributed by atoms with Gasteiger partial charge in [-0.2, -0.15) is 0 Å². The molecule has 1 fully saturated rings. The predicted octanol–water partition coefficient (Wildman–Crippen LogP) is 0.256. The van der Waals surface area contributed by atoms with E-state index < -0.39 is 0 Å². The van der Waals surface area contributed by atoms with Crippen LogP contribution in [0, 0.1) is 0 Å². The van der Waals surface area contributed by atoms with Gasteiger partial charge in [0.25, 0.3) is 0 Å². The summed E-state index contributed by atoms with van der Waals surface area (Å²) in [5.74, 6) is 1.18. The summed E-state index contributed by atoms with van der Waals surface area (Å²) >= 11 is 0. The van der Waals surface area contributed by atoms with E-state index in [1.165, 1.54) is 5.82 Å².